The fourth-order valence-electron chi connectivity index (χ4n) is 1.34. The van der Waals surface area contributed by atoms with Gasteiger partial charge in [-0.15, -0.1) is 0 Å². The maximum absolute atomic E-state index is 8.81. The Morgan fingerprint density at radius 3 is 2.86 bits per heavy atom. The van der Waals surface area contributed by atoms with Crippen molar-refractivity contribution in [2.24, 2.45) is 0 Å². The van der Waals surface area contributed by atoms with Crippen LogP contribution in [-0.4, -0.2) is 5.16 Å². The van der Waals surface area contributed by atoms with Gasteiger partial charge in [0, 0.05) is 5.56 Å². The van der Waals surface area contributed by atoms with Crippen molar-refractivity contribution in [3.8, 4) is 17.4 Å². The van der Waals surface area contributed by atoms with Gasteiger partial charge in [0.1, 0.15) is 11.6 Å². The second kappa shape index (κ2) is 3.35. The van der Waals surface area contributed by atoms with Crippen LogP contribution in [0, 0.1) is 18.3 Å². The topological polar surface area (TPSA) is 49.8 Å². The number of hydrogen-bond acceptors (Lipinski definition) is 3. The van der Waals surface area contributed by atoms with E-state index in [9.17, 15) is 0 Å². The number of benzene rings is 1. The zero-order valence-electron chi connectivity index (χ0n) is 7.69. The first-order valence-electron chi connectivity index (χ1n) is 4.23. The van der Waals surface area contributed by atoms with E-state index in [1.165, 1.54) is 6.20 Å². The number of aromatic nitrogens is 1. The molecule has 1 heterocycles. The van der Waals surface area contributed by atoms with Gasteiger partial charge in [-0.2, -0.15) is 5.26 Å². The van der Waals surface area contributed by atoms with Crippen LogP contribution in [-0.2, 0) is 0 Å². The van der Waals surface area contributed by atoms with Crippen LogP contribution in [0.3, 0.4) is 0 Å². The predicted octanol–water partition coefficient (Wildman–Crippen LogP) is 2.52. The zero-order valence-corrected chi connectivity index (χ0v) is 7.69. The Balaban J connectivity index is 2.62. The van der Waals surface area contributed by atoms with E-state index in [0.29, 0.717) is 11.3 Å². The molecule has 68 valence electrons. The molecule has 14 heavy (non-hydrogen) atoms. The molecule has 0 saturated carbocycles. The van der Waals surface area contributed by atoms with Crippen molar-refractivity contribution < 1.29 is 4.52 Å². The number of nitrogens with zero attached hydrogens (tertiary/aromatic N) is 2. The van der Waals surface area contributed by atoms with Crippen LogP contribution < -0.4 is 0 Å². The van der Waals surface area contributed by atoms with Crippen LogP contribution in [0.5, 0.6) is 0 Å². The molecule has 2 aromatic rings. The van der Waals surface area contributed by atoms with Gasteiger partial charge in [-0.25, -0.2) is 0 Å². The van der Waals surface area contributed by atoms with Crippen LogP contribution in [0.2, 0.25) is 0 Å². The fourth-order valence-corrected chi connectivity index (χ4v) is 1.34. The Kier molecular flexibility index (Phi) is 2.04. The summed E-state index contributed by atoms with van der Waals surface area (Å²) in [5.74, 6) is 0.547. The molecule has 0 atom stereocenters. The molecule has 1 aromatic carbocycles. The fraction of sp³-hybridized carbons (Fsp3) is 0.0909. The van der Waals surface area contributed by atoms with E-state index < -0.39 is 0 Å². The predicted molar refractivity (Wildman–Crippen MR) is 51.4 cm³/mol. The van der Waals surface area contributed by atoms with E-state index in [4.69, 9.17) is 9.78 Å². The maximum Gasteiger partial charge on any atom is 0.184 e. The van der Waals surface area contributed by atoms with Crippen LogP contribution in [0.4, 0.5) is 0 Å². The molecule has 0 radical (unpaired) electrons. The number of nitriles is 1. The second-order valence-electron chi connectivity index (χ2n) is 3.00. The van der Waals surface area contributed by atoms with Crippen molar-refractivity contribution in [3.63, 3.8) is 0 Å². The van der Waals surface area contributed by atoms with Gasteiger partial charge in [0.2, 0.25) is 0 Å². The highest BCUT2D eigenvalue weighted by atomic mass is 16.5. The zero-order chi connectivity index (χ0) is 9.97. The average Bonchev–Trinajstić information content (AvgIpc) is 2.66. The average molecular weight is 184 g/mol. The van der Waals surface area contributed by atoms with Gasteiger partial charge >= 0.3 is 0 Å². The highest BCUT2D eigenvalue weighted by Gasteiger charge is 2.11. The second-order valence-corrected chi connectivity index (χ2v) is 3.00. The van der Waals surface area contributed by atoms with Crippen LogP contribution >= 0.6 is 0 Å². The monoisotopic (exact) mass is 184 g/mol. The minimum absolute atomic E-state index is 0.472. The van der Waals surface area contributed by atoms with E-state index >= 15 is 0 Å². The van der Waals surface area contributed by atoms with Gasteiger partial charge in [-0.1, -0.05) is 29.4 Å². The van der Waals surface area contributed by atoms with Crippen LogP contribution in [0.25, 0.3) is 11.3 Å². The molecular weight excluding hydrogens is 176 g/mol. The van der Waals surface area contributed by atoms with E-state index in [2.05, 4.69) is 5.16 Å². The quantitative estimate of drug-likeness (QED) is 0.684. The van der Waals surface area contributed by atoms with Gasteiger partial charge in [-0.3, -0.25) is 0 Å². The van der Waals surface area contributed by atoms with Crippen LogP contribution in [0.15, 0.2) is 35.0 Å². The summed E-state index contributed by atoms with van der Waals surface area (Å²) < 4.78 is 5.05. The molecule has 0 amide bonds. The summed E-state index contributed by atoms with van der Waals surface area (Å²) in [6, 6.07) is 9.78. The smallest absolute Gasteiger partial charge is 0.184 e. The molecule has 0 bridgehead atoms. The molecule has 0 unspecified atom stereocenters. The van der Waals surface area contributed by atoms with Crippen molar-refractivity contribution >= 4 is 0 Å². The molecule has 1 aromatic heterocycles. The third-order valence-electron chi connectivity index (χ3n) is 2.08. The first-order chi connectivity index (χ1) is 6.83. The summed E-state index contributed by atoms with van der Waals surface area (Å²) >= 11 is 0. The number of hydrogen-bond donors (Lipinski definition) is 0. The third kappa shape index (κ3) is 1.27. The van der Waals surface area contributed by atoms with Gasteiger partial charge in [0.25, 0.3) is 0 Å². The Morgan fingerprint density at radius 2 is 2.14 bits per heavy atom. The molecule has 0 saturated heterocycles. The van der Waals surface area contributed by atoms with E-state index in [0.717, 1.165) is 11.1 Å². The molecule has 2 rings (SSSR count). The van der Waals surface area contributed by atoms with Crippen molar-refractivity contribution in [3.05, 3.63) is 41.6 Å². The van der Waals surface area contributed by atoms with Gasteiger partial charge in [-0.05, 0) is 12.5 Å². The van der Waals surface area contributed by atoms with Crippen molar-refractivity contribution in [1.29, 1.82) is 5.26 Å². The normalized spacial score (nSPS) is 9.71. The summed E-state index contributed by atoms with van der Waals surface area (Å²) in [6.45, 7) is 1.97. The summed E-state index contributed by atoms with van der Waals surface area (Å²) in [6.07, 6.45) is 1.43. The SMILES string of the molecule is Cc1ccccc1-c1oncc1C#N. The van der Waals surface area contributed by atoms with E-state index in [1.54, 1.807) is 0 Å². The molecule has 0 aliphatic rings. The van der Waals surface area contributed by atoms with Crippen molar-refractivity contribution in [2.45, 2.75) is 6.92 Å². The first kappa shape index (κ1) is 8.52. The van der Waals surface area contributed by atoms with Crippen LogP contribution in [0.1, 0.15) is 11.1 Å². The highest BCUT2D eigenvalue weighted by Crippen LogP contribution is 2.25. The molecule has 3 nitrogen and oxygen atoms in total. The van der Waals surface area contributed by atoms with Gasteiger partial charge < -0.3 is 4.52 Å². The lowest BCUT2D eigenvalue weighted by molar-refractivity contribution is 0.432. The largest absolute Gasteiger partial charge is 0.355 e. The Morgan fingerprint density at radius 1 is 1.36 bits per heavy atom. The lowest BCUT2D eigenvalue weighted by Gasteiger charge is -1.99. The molecule has 0 N–H and O–H groups in total. The minimum atomic E-state index is 0.472. The summed E-state index contributed by atoms with van der Waals surface area (Å²) in [4.78, 5) is 0. The maximum atomic E-state index is 8.81. The number of rotatable bonds is 1. The van der Waals surface area contributed by atoms with Crippen molar-refractivity contribution in [2.75, 3.05) is 0 Å². The molecule has 0 aliphatic carbocycles. The van der Waals surface area contributed by atoms with E-state index in [-0.39, 0.29) is 0 Å². The first-order valence-corrected chi connectivity index (χ1v) is 4.23. The molecule has 3 heteroatoms. The Bertz CT molecular complexity index is 494. The minimum Gasteiger partial charge on any atom is -0.355 e. The van der Waals surface area contributed by atoms with Gasteiger partial charge in [0.05, 0.1) is 6.20 Å². The molecular formula is C11H8N2O. The third-order valence-corrected chi connectivity index (χ3v) is 2.08. The molecule has 0 spiro atoms. The number of aryl methyl sites for hydroxylation is 1. The lowest BCUT2D eigenvalue weighted by atomic mass is 10.0. The van der Waals surface area contributed by atoms with E-state index in [1.807, 2.05) is 37.3 Å². The summed E-state index contributed by atoms with van der Waals surface area (Å²) in [5.41, 5.74) is 2.46. The summed E-state index contributed by atoms with van der Waals surface area (Å²) in [7, 11) is 0. The lowest BCUT2D eigenvalue weighted by Crippen LogP contribution is -1.82. The van der Waals surface area contributed by atoms with Crippen molar-refractivity contribution in [1.82, 2.24) is 5.16 Å². The molecule has 0 fully saturated rings. The molecule has 0 aliphatic heterocycles. The summed E-state index contributed by atoms with van der Waals surface area (Å²) in [5, 5.41) is 12.4. The Labute approximate surface area is 81.6 Å². The highest BCUT2D eigenvalue weighted by molar-refractivity contribution is 5.67. The standard InChI is InChI=1S/C11H8N2O/c1-8-4-2-3-5-10(8)11-9(6-12)7-13-14-11/h2-5,7H,1H3. The van der Waals surface area contributed by atoms with Gasteiger partial charge in [0.15, 0.2) is 5.76 Å². The Hall–Kier alpha value is -2.08.